The zero-order valence-corrected chi connectivity index (χ0v) is 11.7. The Kier molecular flexibility index (Phi) is 4.76. The summed E-state index contributed by atoms with van der Waals surface area (Å²) in [5.74, 6) is 1.06. The van der Waals surface area contributed by atoms with Gasteiger partial charge < -0.3 is 9.73 Å². The summed E-state index contributed by atoms with van der Waals surface area (Å²) in [5.41, 5.74) is 1.19. The van der Waals surface area contributed by atoms with E-state index in [1.807, 2.05) is 12.1 Å². The number of anilines is 1. The summed E-state index contributed by atoms with van der Waals surface area (Å²) in [6, 6.07) is 12.9. The molecule has 96 valence electrons. The van der Waals surface area contributed by atoms with Gasteiger partial charge in [0.25, 0.3) is 0 Å². The molecule has 0 aliphatic heterocycles. The highest BCUT2D eigenvalue weighted by Crippen LogP contribution is 2.20. The number of rotatable bonds is 6. The first-order chi connectivity index (χ1) is 8.78. The summed E-state index contributed by atoms with van der Waals surface area (Å²) in [5, 5.41) is 3.52. The molecule has 1 aromatic carbocycles. The van der Waals surface area contributed by atoms with Crippen LogP contribution in [-0.2, 0) is 6.42 Å². The minimum absolute atomic E-state index is 0.437. The Morgan fingerprint density at radius 1 is 1.28 bits per heavy atom. The van der Waals surface area contributed by atoms with Gasteiger partial charge in [0.05, 0.1) is 6.26 Å². The predicted molar refractivity (Wildman–Crippen MR) is 78.3 cm³/mol. The highest BCUT2D eigenvalue weighted by Gasteiger charge is 2.04. The molecule has 3 heteroatoms. The Labute approximate surface area is 113 Å². The molecule has 0 aliphatic rings. The lowest BCUT2D eigenvalue weighted by atomic mass is 10.1. The second-order valence-corrected chi connectivity index (χ2v) is 5.28. The Hall–Kier alpha value is -1.35. The minimum atomic E-state index is 0.437. The summed E-state index contributed by atoms with van der Waals surface area (Å²) >= 11 is 1.77. The van der Waals surface area contributed by atoms with Gasteiger partial charge in [0, 0.05) is 23.0 Å². The van der Waals surface area contributed by atoms with Crippen LogP contribution in [0, 0.1) is 0 Å². The van der Waals surface area contributed by atoms with E-state index in [0.717, 1.165) is 18.6 Å². The first-order valence-corrected chi connectivity index (χ1v) is 7.43. The van der Waals surface area contributed by atoms with Gasteiger partial charge in [-0.2, -0.15) is 0 Å². The van der Waals surface area contributed by atoms with E-state index in [9.17, 15) is 0 Å². The molecule has 0 saturated heterocycles. The van der Waals surface area contributed by atoms with Crippen LogP contribution < -0.4 is 5.32 Å². The van der Waals surface area contributed by atoms with Gasteiger partial charge in [-0.3, -0.25) is 0 Å². The second kappa shape index (κ2) is 6.55. The maximum absolute atomic E-state index is 5.34. The summed E-state index contributed by atoms with van der Waals surface area (Å²) in [4.78, 5) is 1.29. The normalized spacial score (nSPS) is 12.3. The molecule has 1 atom stereocenters. The van der Waals surface area contributed by atoms with Crippen molar-refractivity contribution in [2.24, 2.45) is 0 Å². The molecule has 2 rings (SSSR count). The number of nitrogens with one attached hydrogen (secondary N) is 1. The van der Waals surface area contributed by atoms with Gasteiger partial charge >= 0.3 is 0 Å². The summed E-state index contributed by atoms with van der Waals surface area (Å²) < 4.78 is 5.34. The molecule has 1 aromatic heterocycles. The lowest BCUT2D eigenvalue weighted by Gasteiger charge is -2.15. The van der Waals surface area contributed by atoms with E-state index in [0.29, 0.717) is 6.04 Å². The third-order valence-electron chi connectivity index (χ3n) is 2.89. The topological polar surface area (TPSA) is 25.2 Å². The van der Waals surface area contributed by atoms with Crippen LogP contribution in [0.5, 0.6) is 0 Å². The highest BCUT2D eigenvalue weighted by atomic mass is 32.2. The quantitative estimate of drug-likeness (QED) is 0.778. The van der Waals surface area contributed by atoms with Crippen LogP contribution in [0.25, 0.3) is 0 Å². The number of furan rings is 1. The van der Waals surface area contributed by atoms with E-state index < -0.39 is 0 Å². The monoisotopic (exact) mass is 261 g/mol. The van der Waals surface area contributed by atoms with Crippen LogP contribution in [0.15, 0.2) is 52.0 Å². The van der Waals surface area contributed by atoms with E-state index in [2.05, 4.69) is 42.8 Å². The maximum Gasteiger partial charge on any atom is 0.103 e. The van der Waals surface area contributed by atoms with Crippen molar-refractivity contribution < 1.29 is 4.42 Å². The van der Waals surface area contributed by atoms with E-state index in [-0.39, 0.29) is 0 Å². The molecule has 0 fully saturated rings. The smallest absolute Gasteiger partial charge is 0.103 e. The highest BCUT2D eigenvalue weighted by molar-refractivity contribution is 7.98. The molecule has 18 heavy (non-hydrogen) atoms. The largest absolute Gasteiger partial charge is 0.469 e. The van der Waals surface area contributed by atoms with Crippen molar-refractivity contribution in [1.82, 2.24) is 0 Å². The van der Waals surface area contributed by atoms with Crippen LogP contribution in [-0.4, -0.2) is 12.3 Å². The first-order valence-electron chi connectivity index (χ1n) is 6.21. The average Bonchev–Trinajstić information content (AvgIpc) is 2.90. The van der Waals surface area contributed by atoms with Crippen molar-refractivity contribution >= 4 is 17.4 Å². The molecular formula is C15H19NOS. The Morgan fingerprint density at radius 3 is 2.89 bits per heavy atom. The Balaban J connectivity index is 1.84. The van der Waals surface area contributed by atoms with Crippen molar-refractivity contribution in [3.63, 3.8) is 0 Å². The number of hydrogen-bond donors (Lipinski definition) is 1. The van der Waals surface area contributed by atoms with Crippen molar-refractivity contribution in [1.29, 1.82) is 0 Å². The molecule has 1 unspecified atom stereocenters. The van der Waals surface area contributed by atoms with Crippen molar-refractivity contribution in [2.75, 3.05) is 11.6 Å². The fraction of sp³-hybridized carbons (Fsp3) is 0.333. The lowest BCUT2D eigenvalue weighted by molar-refractivity contribution is 0.495. The van der Waals surface area contributed by atoms with Crippen molar-refractivity contribution in [2.45, 2.75) is 30.7 Å². The number of aryl methyl sites for hydroxylation is 1. The molecule has 1 N–H and O–H groups in total. The number of hydrogen-bond acceptors (Lipinski definition) is 3. The Morgan fingerprint density at radius 2 is 2.17 bits per heavy atom. The van der Waals surface area contributed by atoms with Gasteiger partial charge in [-0.15, -0.1) is 11.8 Å². The van der Waals surface area contributed by atoms with E-state index in [1.54, 1.807) is 18.0 Å². The molecule has 0 amide bonds. The SMILES string of the molecule is CSc1cccc(NC(C)CCc2ccco2)c1. The molecule has 0 saturated carbocycles. The third kappa shape index (κ3) is 3.84. The minimum Gasteiger partial charge on any atom is -0.469 e. The van der Waals surface area contributed by atoms with Gasteiger partial charge in [-0.1, -0.05) is 6.07 Å². The van der Waals surface area contributed by atoms with Crippen LogP contribution in [0.2, 0.25) is 0 Å². The van der Waals surface area contributed by atoms with Crippen LogP contribution in [0.3, 0.4) is 0 Å². The first kappa shape index (κ1) is 13.1. The molecule has 0 spiro atoms. The van der Waals surface area contributed by atoms with Gasteiger partial charge in [0.1, 0.15) is 5.76 Å². The fourth-order valence-corrected chi connectivity index (χ4v) is 2.34. The summed E-state index contributed by atoms with van der Waals surface area (Å²) in [7, 11) is 0. The van der Waals surface area contributed by atoms with Gasteiger partial charge in [0.2, 0.25) is 0 Å². The third-order valence-corrected chi connectivity index (χ3v) is 3.61. The molecule has 0 bridgehead atoms. The van der Waals surface area contributed by atoms with Gasteiger partial charge in [-0.05, 0) is 49.9 Å². The van der Waals surface area contributed by atoms with Crippen molar-refractivity contribution in [3.8, 4) is 0 Å². The average molecular weight is 261 g/mol. The van der Waals surface area contributed by atoms with Gasteiger partial charge in [-0.25, -0.2) is 0 Å². The van der Waals surface area contributed by atoms with E-state index >= 15 is 0 Å². The molecular weight excluding hydrogens is 242 g/mol. The zero-order valence-electron chi connectivity index (χ0n) is 10.8. The standard InChI is InChI=1S/C15H19NOS/c1-12(8-9-14-6-4-10-17-14)16-13-5-3-7-15(11-13)18-2/h3-7,10-12,16H,8-9H2,1-2H3. The lowest BCUT2D eigenvalue weighted by Crippen LogP contribution is -2.15. The zero-order chi connectivity index (χ0) is 12.8. The van der Waals surface area contributed by atoms with Gasteiger partial charge in [0.15, 0.2) is 0 Å². The second-order valence-electron chi connectivity index (χ2n) is 4.40. The summed E-state index contributed by atoms with van der Waals surface area (Å²) in [6.45, 7) is 2.20. The molecule has 1 heterocycles. The molecule has 0 radical (unpaired) electrons. The van der Waals surface area contributed by atoms with Crippen molar-refractivity contribution in [3.05, 3.63) is 48.4 Å². The van der Waals surface area contributed by atoms with Crippen LogP contribution >= 0.6 is 11.8 Å². The molecule has 2 aromatic rings. The van der Waals surface area contributed by atoms with E-state index in [1.165, 1.54) is 10.6 Å². The number of benzene rings is 1. The molecule has 0 aliphatic carbocycles. The number of thioether (sulfide) groups is 1. The summed E-state index contributed by atoms with van der Waals surface area (Å²) in [6.07, 6.45) is 5.87. The van der Waals surface area contributed by atoms with Crippen LogP contribution in [0.1, 0.15) is 19.1 Å². The fourth-order valence-electron chi connectivity index (χ4n) is 1.88. The molecule has 2 nitrogen and oxygen atoms in total. The predicted octanol–water partition coefficient (Wildman–Crippen LogP) is 4.43. The van der Waals surface area contributed by atoms with E-state index in [4.69, 9.17) is 4.42 Å². The van der Waals surface area contributed by atoms with Crippen LogP contribution in [0.4, 0.5) is 5.69 Å². The maximum atomic E-state index is 5.34. The Bertz CT molecular complexity index is 467.